The molecule has 0 radical (unpaired) electrons. The number of anilines is 1. The summed E-state index contributed by atoms with van der Waals surface area (Å²) >= 11 is 0. The summed E-state index contributed by atoms with van der Waals surface area (Å²) in [6, 6.07) is 9.13. The van der Waals surface area contributed by atoms with Gasteiger partial charge in [0.15, 0.2) is 0 Å². The second-order valence-electron chi connectivity index (χ2n) is 3.75. The molecule has 0 spiro atoms. The minimum absolute atomic E-state index is 0.0270. The van der Waals surface area contributed by atoms with Gasteiger partial charge in [-0.1, -0.05) is 19.4 Å². The first-order valence-corrected chi connectivity index (χ1v) is 5.77. The lowest BCUT2D eigenvalue weighted by atomic mass is 10.2. The van der Waals surface area contributed by atoms with Gasteiger partial charge in [0.05, 0.1) is 18.2 Å². The van der Waals surface area contributed by atoms with Gasteiger partial charge >= 0.3 is 0 Å². The fraction of sp³-hybridized carbons (Fsp3) is 0.385. The van der Waals surface area contributed by atoms with Gasteiger partial charge in [0.25, 0.3) is 0 Å². The third kappa shape index (κ3) is 5.03. The summed E-state index contributed by atoms with van der Waals surface area (Å²) < 4.78 is 0. The lowest BCUT2D eigenvalue weighted by Gasteiger charge is -2.07. The van der Waals surface area contributed by atoms with Gasteiger partial charge in [-0.3, -0.25) is 4.79 Å². The number of carbonyl (C=O) groups excluding carboxylic acids is 1. The lowest BCUT2D eigenvalue weighted by molar-refractivity contribution is -0.119. The Morgan fingerprint density at radius 2 is 2.29 bits per heavy atom. The average Bonchev–Trinajstić information content (AvgIpc) is 2.37. The smallest absolute Gasteiger partial charge is 0.239 e. The number of carbonyl (C=O) groups is 1. The Kier molecular flexibility index (Phi) is 5.59. The summed E-state index contributed by atoms with van der Waals surface area (Å²) in [5, 5.41) is 14.5. The molecule has 0 saturated heterocycles. The molecule has 0 saturated carbocycles. The predicted octanol–water partition coefficient (Wildman–Crippen LogP) is 1.89. The van der Waals surface area contributed by atoms with Crippen LogP contribution in [0.25, 0.3) is 0 Å². The van der Waals surface area contributed by atoms with Crippen LogP contribution < -0.4 is 10.6 Å². The zero-order chi connectivity index (χ0) is 12.5. The van der Waals surface area contributed by atoms with E-state index < -0.39 is 0 Å². The van der Waals surface area contributed by atoms with E-state index in [0.29, 0.717) is 5.56 Å². The maximum atomic E-state index is 11.4. The van der Waals surface area contributed by atoms with Crippen molar-refractivity contribution in [3.63, 3.8) is 0 Å². The van der Waals surface area contributed by atoms with Crippen molar-refractivity contribution >= 4 is 11.6 Å². The number of nitrogens with one attached hydrogen (secondary N) is 2. The molecule has 0 aliphatic rings. The first kappa shape index (κ1) is 13.0. The molecule has 4 nitrogen and oxygen atoms in total. The highest BCUT2D eigenvalue weighted by atomic mass is 16.1. The number of rotatable bonds is 6. The molecule has 17 heavy (non-hydrogen) atoms. The zero-order valence-corrected chi connectivity index (χ0v) is 9.99. The Morgan fingerprint density at radius 3 is 3.00 bits per heavy atom. The Labute approximate surface area is 102 Å². The minimum Gasteiger partial charge on any atom is -0.376 e. The normalized spacial score (nSPS) is 9.41. The molecule has 0 unspecified atom stereocenters. The zero-order valence-electron chi connectivity index (χ0n) is 9.99. The van der Waals surface area contributed by atoms with E-state index >= 15 is 0 Å². The number of benzene rings is 1. The monoisotopic (exact) mass is 231 g/mol. The molecular formula is C13H17N3O. The van der Waals surface area contributed by atoms with Crippen LogP contribution in [0.4, 0.5) is 5.69 Å². The van der Waals surface area contributed by atoms with Gasteiger partial charge < -0.3 is 10.6 Å². The molecule has 1 amide bonds. The van der Waals surface area contributed by atoms with Crippen LogP contribution in [0.1, 0.15) is 25.3 Å². The second-order valence-corrected chi connectivity index (χ2v) is 3.75. The fourth-order valence-electron chi connectivity index (χ4n) is 1.35. The molecule has 1 aromatic rings. The van der Waals surface area contributed by atoms with E-state index in [4.69, 9.17) is 5.26 Å². The van der Waals surface area contributed by atoms with Crippen molar-refractivity contribution in [3.05, 3.63) is 29.8 Å². The van der Waals surface area contributed by atoms with Crippen LogP contribution in [0.15, 0.2) is 24.3 Å². The van der Waals surface area contributed by atoms with E-state index in [1.165, 1.54) is 0 Å². The third-order valence-corrected chi connectivity index (χ3v) is 2.30. The van der Waals surface area contributed by atoms with Crippen LogP contribution in [0.3, 0.4) is 0 Å². The molecule has 0 heterocycles. The number of nitriles is 1. The Morgan fingerprint density at radius 1 is 1.47 bits per heavy atom. The van der Waals surface area contributed by atoms with Crippen LogP contribution >= 0.6 is 0 Å². The molecule has 0 bridgehead atoms. The summed E-state index contributed by atoms with van der Waals surface area (Å²) in [5.74, 6) is -0.0270. The van der Waals surface area contributed by atoms with Gasteiger partial charge in [0, 0.05) is 12.2 Å². The Bertz CT molecular complexity index is 409. The number of unbranched alkanes of at least 4 members (excludes halogenated alkanes) is 1. The number of nitrogens with zero attached hydrogens (tertiary/aromatic N) is 1. The molecule has 0 aliphatic heterocycles. The molecule has 0 atom stereocenters. The third-order valence-electron chi connectivity index (χ3n) is 2.30. The predicted molar refractivity (Wildman–Crippen MR) is 67.6 cm³/mol. The van der Waals surface area contributed by atoms with Crippen molar-refractivity contribution < 1.29 is 4.79 Å². The standard InChI is InChI=1S/C13H17N3O/c1-2-3-7-15-13(17)10-16-12-6-4-5-11(8-12)9-14/h4-6,8,16H,2-3,7,10H2,1H3,(H,15,17). The minimum atomic E-state index is -0.0270. The van der Waals surface area contributed by atoms with E-state index in [9.17, 15) is 4.79 Å². The van der Waals surface area contributed by atoms with E-state index in [-0.39, 0.29) is 12.5 Å². The van der Waals surface area contributed by atoms with Crippen molar-refractivity contribution in [3.8, 4) is 6.07 Å². The highest BCUT2D eigenvalue weighted by molar-refractivity contribution is 5.80. The summed E-state index contributed by atoms with van der Waals surface area (Å²) in [6.07, 6.45) is 2.06. The van der Waals surface area contributed by atoms with E-state index in [1.54, 1.807) is 18.2 Å². The van der Waals surface area contributed by atoms with Crippen molar-refractivity contribution in [1.82, 2.24) is 5.32 Å². The maximum Gasteiger partial charge on any atom is 0.239 e. The van der Waals surface area contributed by atoms with Crippen LogP contribution in [-0.4, -0.2) is 19.0 Å². The molecule has 1 aromatic carbocycles. The van der Waals surface area contributed by atoms with Crippen LogP contribution in [-0.2, 0) is 4.79 Å². The summed E-state index contributed by atoms with van der Waals surface area (Å²) in [5.41, 5.74) is 1.37. The van der Waals surface area contributed by atoms with E-state index in [1.807, 2.05) is 6.07 Å². The number of hydrogen-bond donors (Lipinski definition) is 2. The van der Waals surface area contributed by atoms with E-state index in [0.717, 1.165) is 25.1 Å². The second kappa shape index (κ2) is 7.29. The number of hydrogen-bond acceptors (Lipinski definition) is 3. The first-order chi connectivity index (χ1) is 8.26. The number of amides is 1. The molecule has 90 valence electrons. The van der Waals surface area contributed by atoms with Crippen molar-refractivity contribution in [2.75, 3.05) is 18.4 Å². The Hall–Kier alpha value is -2.02. The molecule has 0 aliphatic carbocycles. The SMILES string of the molecule is CCCCNC(=O)CNc1cccc(C#N)c1. The van der Waals surface area contributed by atoms with E-state index in [2.05, 4.69) is 23.6 Å². The quantitative estimate of drug-likeness (QED) is 0.735. The van der Waals surface area contributed by atoms with Gasteiger partial charge in [-0.15, -0.1) is 0 Å². The van der Waals surface area contributed by atoms with Gasteiger partial charge in [-0.25, -0.2) is 0 Å². The highest BCUT2D eigenvalue weighted by Gasteiger charge is 2.00. The largest absolute Gasteiger partial charge is 0.376 e. The van der Waals surface area contributed by atoms with Crippen molar-refractivity contribution in [2.45, 2.75) is 19.8 Å². The molecule has 0 aromatic heterocycles. The molecule has 2 N–H and O–H groups in total. The lowest BCUT2D eigenvalue weighted by Crippen LogP contribution is -2.30. The van der Waals surface area contributed by atoms with Crippen LogP contribution in [0, 0.1) is 11.3 Å². The first-order valence-electron chi connectivity index (χ1n) is 5.77. The van der Waals surface area contributed by atoms with Gasteiger partial charge in [-0.2, -0.15) is 5.26 Å². The van der Waals surface area contributed by atoms with Crippen LogP contribution in [0.5, 0.6) is 0 Å². The van der Waals surface area contributed by atoms with Crippen molar-refractivity contribution in [2.24, 2.45) is 0 Å². The molecular weight excluding hydrogens is 214 g/mol. The highest BCUT2D eigenvalue weighted by Crippen LogP contribution is 2.08. The van der Waals surface area contributed by atoms with Crippen LogP contribution in [0.2, 0.25) is 0 Å². The average molecular weight is 231 g/mol. The van der Waals surface area contributed by atoms with Gasteiger partial charge in [0.2, 0.25) is 5.91 Å². The van der Waals surface area contributed by atoms with Crippen molar-refractivity contribution in [1.29, 1.82) is 5.26 Å². The maximum absolute atomic E-state index is 11.4. The topological polar surface area (TPSA) is 64.9 Å². The molecule has 0 fully saturated rings. The summed E-state index contributed by atoms with van der Waals surface area (Å²) in [7, 11) is 0. The molecule has 4 heteroatoms. The van der Waals surface area contributed by atoms with Gasteiger partial charge in [-0.05, 0) is 24.6 Å². The molecule has 1 rings (SSSR count). The van der Waals surface area contributed by atoms with Gasteiger partial charge in [0.1, 0.15) is 0 Å². The Balaban J connectivity index is 2.34. The summed E-state index contributed by atoms with van der Waals surface area (Å²) in [6.45, 7) is 3.03. The summed E-state index contributed by atoms with van der Waals surface area (Å²) in [4.78, 5) is 11.4. The fourth-order valence-corrected chi connectivity index (χ4v) is 1.35.